The molecule has 138 valence electrons. The van der Waals surface area contributed by atoms with Gasteiger partial charge in [0.15, 0.2) is 17.4 Å². The third kappa shape index (κ3) is 5.37. The Morgan fingerprint density at radius 2 is 1.73 bits per heavy atom. The van der Waals surface area contributed by atoms with Crippen LogP contribution in [0.3, 0.4) is 0 Å². The number of ether oxygens (including phenoxy) is 1. The number of Topliss-reactive ketones (excluding diaryl/α,β-unsaturated/α-hetero) is 1. The lowest BCUT2D eigenvalue weighted by atomic mass is 10.1. The predicted octanol–water partition coefficient (Wildman–Crippen LogP) is 4.20. The normalized spacial score (nSPS) is 11.7. The molecule has 6 heteroatoms. The molecular formula is C20H21F2NO3. The van der Waals surface area contributed by atoms with Gasteiger partial charge in [-0.25, -0.2) is 8.78 Å². The average molecular weight is 361 g/mol. The first-order valence-electron chi connectivity index (χ1n) is 8.41. The number of ketones is 1. The van der Waals surface area contributed by atoms with Crippen molar-refractivity contribution in [1.29, 1.82) is 0 Å². The van der Waals surface area contributed by atoms with Gasteiger partial charge in [0.05, 0.1) is 12.6 Å². The van der Waals surface area contributed by atoms with Gasteiger partial charge in [-0.05, 0) is 55.8 Å². The second-order valence-electron chi connectivity index (χ2n) is 5.84. The number of carbonyl (C=O) groups excluding carboxylic acids is 2. The Bertz CT molecular complexity index is 775. The molecule has 26 heavy (non-hydrogen) atoms. The fourth-order valence-electron chi connectivity index (χ4n) is 2.45. The molecule has 2 rings (SSSR count). The van der Waals surface area contributed by atoms with Gasteiger partial charge in [0.1, 0.15) is 5.75 Å². The van der Waals surface area contributed by atoms with E-state index in [2.05, 4.69) is 5.32 Å². The number of hydrogen-bond donors (Lipinski definition) is 1. The van der Waals surface area contributed by atoms with Gasteiger partial charge in [0.2, 0.25) is 5.91 Å². The largest absolute Gasteiger partial charge is 0.494 e. The molecule has 2 aromatic rings. The van der Waals surface area contributed by atoms with Gasteiger partial charge in [-0.2, -0.15) is 0 Å². The molecule has 1 N–H and O–H groups in total. The first-order chi connectivity index (χ1) is 12.4. The number of nitrogens with one attached hydrogen (secondary N) is 1. The van der Waals surface area contributed by atoms with Crippen LogP contribution in [0.5, 0.6) is 5.75 Å². The molecule has 0 aliphatic heterocycles. The number of benzene rings is 2. The third-order valence-corrected chi connectivity index (χ3v) is 3.89. The van der Waals surface area contributed by atoms with Crippen LogP contribution in [0, 0.1) is 11.6 Å². The van der Waals surface area contributed by atoms with Crippen LogP contribution in [0.4, 0.5) is 8.78 Å². The van der Waals surface area contributed by atoms with Crippen molar-refractivity contribution in [2.45, 2.75) is 32.7 Å². The van der Waals surface area contributed by atoms with Gasteiger partial charge in [-0.1, -0.05) is 6.07 Å². The van der Waals surface area contributed by atoms with Crippen molar-refractivity contribution in [3.8, 4) is 5.75 Å². The van der Waals surface area contributed by atoms with E-state index in [1.54, 1.807) is 31.2 Å². The number of halogens is 2. The molecule has 0 heterocycles. The van der Waals surface area contributed by atoms with Crippen LogP contribution in [0.2, 0.25) is 0 Å². The third-order valence-electron chi connectivity index (χ3n) is 3.89. The van der Waals surface area contributed by atoms with E-state index in [9.17, 15) is 18.4 Å². The summed E-state index contributed by atoms with van der Waals surface area (Å²) >= 11 is 0. The van der Waals surface area contributed by atoms with Crippen molar-refractivity contribution in [1.82, 2.24) is 5.32 Å². The molecule has 0 fully saturated rings. The highest BCUT2D eigenvalue weighted by Crippen LogP contribution is 2.17. The summed E-state index contributed by atoms with van der Waals surface area (Å²) in [5.41, 5.74) is 0.963. The van der Waals surface area contributed by atoms with E-state index in [0.717, 1.165) is 12.1 Å². The number of carbonyl (C=O) groups is 2. The zero-order valence-corrected chi connectivity index (χ0v) is 14.7. The van der Waals surface area contributed by atoms with Crippen LogP contribution < -0.4 is 10.1 Å². The Kier molecular flexibility index (Phi) is 6.83. The molecule has 2 aromatic carbocycles. The Hall–Kier alpha value is -2.76. The summed E-state index contributed by atoms with van der Waals surface area (Å²) in [7, 11) is 0. The molecule has 0 aromatic heterocycles. The fourth-order valence-corrected chi connectivity index (χ4v) is 2.45. The fraction of sp³-hybridized carbons (Fsp3) is 0.300. The van der Waals surface area contributed by atoms with Crippen molar-refractivity contribution >= 4 is 11.7 Å². The molecule has 0 spiro atoms. The standard InChI is InChI=1S/C20H21F2NO3/c1-3-26-16-7-4-14(5-8-16)19(24)10-11-20(25)23-13(2)15-6-9-17(21)18(22)12-15/h4-9,12-13H,3,10-11H2,1-2H3,(H,23,25). The lowest BCUT2D eigenvalue weighted by molar-refractivity contribution is -0.121. The first kappa shape index (κ1) is 19.6. The molecular weight excluding hydrogens is 340 g/mol. The first-order valence-corrected chi connectivity index (χ1v) is 8.41. The van der Waals surface area contributed by atoms with Crippen molar-refractivity contribution in [3.63, 3.8) is 0 Å². The van der Waals surface area contributed by atoms with E-state index in [-0.39, 0.29) is 24.5 Å². The summed E-state index contributed by atoms with van der Waals surface area (Å²) < 4.78 is 31.5. The van der Waals surface area contributed by atoms with Gasteiger partial charge >= 0.3 is 0 Å². The van der Waals surface area contributed by atoms with Crippen LogP contribution in [-0.2, 0) is 4.79 Å². The highest BCUT2D eigenvalue weighted by atomic mass is 19.2. The maximum Gasteiger partial charge on any atom is 0.220 e. The molecule has 0 aliphatic carbocycles. The van der Waals surface area contributed by atoms with E-state index in [1.165, 1.54) is 6.07 Å². The van der Waals surface area contributed by atoms with E-state index in [4.69, 9.17) is 4.74 Å². The zero-order valence-electron chi connectivity index (χ0n) is 14.7. The number of amides is 1. The van der Waals surface area contributed by atoms with Crippen LogP contribution in [-0.4, -0.2) is 18.3 Å². The van der Waals surface area contributed by atoms with Crippen LogP contribution in [0.1, 0.15) is 48.7 Å². The molecule has 4 nitrogen and oxygen atoms in total. The average Bonchev–Trinajstić information content (AvgIpc) is 2.62. The highest BCUT2D eigenvalue weighted by Gasteiger charge is 2.14. The van der Waals surface area contributed by atoms with Crippen molar-refractivity contribution in [3.05, 3.63) is 65.2 Å². The highest BCUT2D eigenvalue weighted by molar-refractivity contribution is 5.98. The Labute approximate surface area is 151 Å². The minimum Gasteiger partial charge on any atom is -0.494 e. The van der Waals surface area contributed by atoms with Crippen molar-refractivity contribution < 1.29 is 23.1 Å². The molecule has 1 atom stereocenters. The molecule has 0 radical (unpaired) electrons. The van der Waals surface area contributed by atoms with Crippen LogP contribution in [0.15, 0.2) is 42.5 Å². The Balaban J connectivity index is 1.85. The van der Waals surface area contributed by atoms with Crippen LogP contribution >= 0.6 is 0 Å². The van der Waals surface area contributed by atoms with Gasteiger partial charge < -0.3 is 10.1 Å². The molecule has 1 unspecified atom stereocenters. The summed E-state index contributed by atoms with van der Waals surface area (Å²) in [5, 5.41) is 2.68. The summed E-state index contributed by atoms with van der Waals surface area (Å²) in [4.78, 5) is 24.1. The number of hydrogen-bond acceptors (Lipinski definition) is 3. The van der Waals surface area contributed by atoms with Gasteiger partial charge in [0, 0.05) is 18.4 Å². The molecule has 0 saturated carbocycles. The lowest BCUT2D eigenvalue weighted by Gasteiger charge is -2.14. The number of rotatable bonds is 8. The molecule has 1 amide bonds. The van der Waals surface area contributed by atoms with Crippen LogP contribution in [0.25, 0.3) is 0 Å². The lowest BCUT2D eigenvalue weighted by Crippen LogP contribution is -2.27. The smallest absolute Gasteiger partial charge is 0.220 e. The topological polar surface area (TPSA) is 55.4 Å². The SMILES string of the molecule is CCOc1ccc(C(=O)CCC(=O)NC(C)c2ccc(F)c(F)c2)cc1. The minimum absolute atomic E-state index is 0.0139. The van der Waals surface area contributed by atoms with E-state index in [1.807, 2.05) is 6.92 Å². The van der Waals surface area contributed by atoms with Crippen molar-refractivity contribution in [2.75, 3.05) is 6.61 Å². The molecule has 0 aliphatic rings. The summed E-state index contributed by atoms with van der Waals surface area (Å²) in [5.74, 6) is -1.70. The van der Waals surface area contributed by atoms with E-state index in [0.29, 0.717) is 23.5 Å². The molecule has 0 saturated heterocycles. The van der Waals surface area contributed by atoms with Gasteiger partial charge in [0.25, 0.3) is 0 Å². The Morgan fingerprint density at radius 1 is 1.04 bits per heavy atom. The monoisotopic (exact) mass is 361 g/mol. The minimum atomic E-state index is -0.964. The van der Waals surface area contributed by atoms with E-state index >= 15 is 0 Å². The predicted molar refractivity (Wildman–Crippen MR) is 94.1 cm³/mol. The summed E-state index contributed by atoms with van der Waals surface area (Å²) in [6, 6.07) is 9.73. The quantitative estimate of drug-likeness (QED) is 0.717. The molecule has 0 bridgehead atoms. The second-order valence-corrected chi connectivity index (χ2v) is 5.84. The van der Waals surface area contributed by atoms with Crippen molar-refractivity contribution in [2.24, 2.45) is 0 Å². The second kappa shape index (κ2) is 9.08. The van der Waals surface area contributed by atoms with Gasteiger partial charge in [-0.3, -0.25) is 9.59 Å². The summed E-state index contributed by atoms with van der Waals surface area (Å²) in [6.07, 6.45) is 0.0738. The summed E-state index contributed by atoms with van der Waals surface area (Å²) in [6.45, 7) is 4.08. The maximum absolute atomic E-state index is 13.3. The zero-order chi connectivity index (χ0) is 19.1. The Morgan fingerprint density at radius 3 is 2.35 bits per heavy atom. The maximum atomic E-state index is 13.3. The van der Waals surface area contributed by atoms with Gasteiger partial charge in [-0.15, -0.1) is 0 Å². The van der Waals surface area contributed by atoms with E-state index < -0.39 is 17.7 Å².